The predicted molar refractivity (Wildman–Crippen MR) is 72.9 cm³/mol. The third-order valence-corrected chi connectivity index (χ3v) is 3.69. The van der Waals surface area contributed by atoms with Crippen LogP contribution in [0.4, 0.5) is 0 Å². The fourth-order valence-electron chi connectivity index (χ4n) is 2.16. The largest absolute Gasteiger partial charge is 0.388 e. The zero-order valence-corrected chi connectivity index (χ0v) is 10.7. The van der Waals surface area contributed by atoms with E-state index in [4.69, 9.17) is 0 Å². The van der Waals surface area contributed by atoms with Gasteiger partial charge in [-0.15, -0.1) is 0 Å². The molecule has 2 atom stereocenters. The molecule has 2 aromatic rings. The second-order valence-electron chi connectivity index (χ2n) is 5.12. The number of fused-ring (bicyclic) bond motifs is 1. The molecule has 0 aliphatic rings. The molecule has 0 heterocycles. The van der Waals surface area contributed by atoms with Gasteiger partial charge in [-0.25, -0.2) is 0 Å². The highest BCUT2D eigenvalue weighted by atomic mass is 16.3. The average Bonchev–Trinajstić information content (AvgIpc) is 2.36. The van der Waals surface area contributed by atoms with Crippen LogP contribution in [0.15, 0.2) is 42.5 Å². The molecule has 0 radical (unpaired) electrons. The third-order valence-electron chi connectivity index (χ3n) is 3.69. The van der Waals surface area contributed by atoms with Crippen molar-refractivity contribution in [2.75, 3.05) is 0 Å². The van der Waals surface area contributed by atoms with Crippen molar-refractivity contribution < 1.29 is 5.11 Å². The van der Waals surface area contributed by atoms with Gasteiger partial charge in [-0.1, -0.05) is 63.2 Å². The summed E-state index contributed by atoms with van der Waals surface area (Å²) in [5.41, 5.74) is 1.05. The lowest BCUT2D eigenvalue weighted by Gasteiger charge is -2.23. The van der Waals surface area contributed by atoms with Crippen LogP contribution in [0.5, 0.6) is 0 Å². The van der Waals surface area contributed by atoms with Crippen LogP contribution < -0.4 is 0 Å². The van der Waals surface area contributed by atoms with E-state index in [1.54, 1.807) is 0 Å². The molecule has 0 aliphatic heterocycles. The maximum atomic E-state index is 10.5. The standard InChI is InChI=1S/C16H20O/c1-11(2)12(3)16(17)15-10-6-8-13-7-4-5-9-14(13)15/h4-12,16-17H,1-3H3. The highest BCUT2D eigenvalue weighted by molar-refractivity contribution is 5.85. The van der Waals surface area contributed by atoms with E-state index in [0.717, 1.165) is 10.9 Å². The number of benzene rings is 2. The van der Waals surface area contributed by atoms with Crippen molar-refractivity contribution >= 4 is 10.8 Å². The first-order chi connectivity index (χ1) is 8.11. The smallest absolute Gasteiger partial charge is 0.0823 e. The quantitative estimate of drug-likeness (QED) is 0.836. The van der Waals surface area contributed by atoms with Crippen LogP contribution in [-0.2, 0) is 0 Å². The van der Waals surface area contributed by atoms with Crippen molar-refractivity contribution in [3.8, 4) is 0 Å². The third kappa shape index (κ3) is 2.34. The summed E-state index contributed by atoms with van der Waals surface area (Å²) < 4.78 is 0. The Morgan fingerprint density at radius 3 is 2.24 bits per heavy atom. The highest BCUT2D eigenvalue weighted by Crippen LogP contribution is 2.32. The van der Waals surface area contributed by atoms with Crippen molar-refractivity contribution in [1.29, 1.82) is 0 Å². The summed E-state index contributed by atoms with van der Waals surface area (Å²) in [4.78, 5) is 0. The molecule has 1 heteroatoms. The number of hydrogen-bond donors (Lipinski definition) is 1. The molecule has 0 bridgehead atoms. The number of aliphatic hydroxyl groups excluding tert-OH is 1. The van der Waals surface area contributed by atoms with E-state index in [1.165, 1.54) is 5.39 Å². The summed E-state index contributed by atoms with van der Waals surface area (Å²) in [6.07, 6.45) is -0.388. The van der Waals surface area contributed by atoms with Gasteiger partial charge in [-0.05, 0) is 28.2 Å². The molecular formula is C16H20O. The normalized spacial score (nSPS) is 15.1. The fourth-order valence-corrected chi connectivity index (χ4v) is 2.16. The zero-order chi connectivity index (χ0) is 12.4. The van der Waals surface area contributed by atoms with Crippen molar-refractivity contribution in [2.45, 2.75) is 26.9 Å². The van der Waals surface area contributed by atoms with Crippen LogP contribution in [0.1, 0.15) is 32.4 Å². The summed E-state index contributed by atoms with van der Waals surface area (Å²) >= 11 is 0. The molecule has 0 saturated heterocycles. The van der Waals surface area contributed by atoms with Gasteiger partial charge in [0, 0.05) is 0 Å². The van der Waals surface area contributed by atoms with Gasteiger partial charge in [0.1, 0.15) is 0 Å². The van der Waals surface area contributed by atoms with Crippen LogP contribution >= 0.6 is 0 Å². The Labute approximate surface area is 103 Å². The predicted octanol–water partition coefficient (Wildman–Crippen LogP) is 4.17. The van der Waals surface area contributed by atoms with Crippen molar-refractivity contribution in [1.82, 2.24) is 0 Å². The van der Waals surface area contributed by atoms with Crippen LogP contribution in [0.2, 0.25) is 0 Å². The summed E-state index contributed by atoms with van der Waals surface area (Å²) in [6, 6.07) is 14.4. The molecule has 0 aromatic heterocycles. The molecule has 1 N–H and O–H groups in total. The van der Waals surface area contributed by atoms with Crippen molar-refractivity contribution in [2.24, 2.45) is 11.8 Å². The molecule has 2 unspecified atom stereocenters. The second-order valence-corrected chi connectivity index (χ2v) is 5.12. The number of rotatable bonds is 3. The second kappa shape index (κ2) is 4.89. The van der Waals surface area contributed by atoms with E-state index in [1.807, 2.05) is 24.3 Å². The Balaban J connectivity index is 2.48. The molecule has 0 fully saturated rings. The topological polar surface area (TPSA) is 20.2 Å². The molecular weight excluding hydrogens is 208 g/mol. The number of aliphatic hydroxyl groups is 1. The van der Waals surface area contributed by atoms with E-state index in [2.05, 4.69) is 39.0 Å². The van der Waals surface area contributed by atoms with Crippen LogP contribution in [-0.4, -0.2) is 5.11 Å². The Morgan fingerprint density at radius 1 is 0.882 bits per heavy atom. The van der Waals surface area contributed by atoms with E-state index < -0.39 is 0 Å². The van der Waals surface area contributed by atoms with E-state index in [0.29, 0.717) is 5.92 Å². The van der Waals surface area contributed by atoms with Gasteiger partial charge >= 0.3 is 0 Å². The number of hydrogen-bond acceptors (Lipinski definition) is 1. The van der Waals surface area contributed by atoms with Crippen molar-refractivity contribution in [3.05, 3.63) is 48.0 Å². The van der Waals surface area contributed by atoms with Gasteiger partial charge in [0.25, 0.3) is 0 Å². The van der Waals surface area contributed by atoms with Gasteiger partial charge in [-0.3, -0.25) is 0 Å². The lowest BCUT2D eigenvalue weighted by Crippen LogP contribution is -2.15. The monoisotopic (exact) mass is 228 g/mol. The minimum absolute atomic E-state index is 0.265. The van der Waals surface area contributed by atoms with Gasteiger partial charge in [0.15, 0.2) is 0 Å². The summed E-state index contributed by atoms with van der Waals surface area (Å²) in [5.74, 6) is 0.741. The van der Waals surface area contributed by atoms with Crippen LogP contribution in [0.3, 0.4) is 0 Å². The molecule has 90 valence electrons. The lowest BCUT2D eigenvalue weighted by atomic mass is 9.86. The maximum Gasteiger partial charge on any atom is 0.0823 e. The first-order valence-corrected chi connectivity index (χ1v) is 6.27. The Bertz CT molecular complexity index is 496. The molecule has 2 rings (SSSR count). The van der Waals surface area contributed by atoms with Gasteiger partial charge < -0.3 is 5.11 Å². The fraction of sp³-hybridized carbons (Fsp3) is 0.375. The van der Waals surface area contributed by atoms with Gasteiger partial charge in [-0.2, -0.15) is 0 Å². The molecule has 0 saturated carbocycles. The first-order valence-electron chi connectivity index (χ1n) is 6.27. The summed E-state index contributed by atoms with van der Waals surface area (Å²) in [6.45, 7) is 6.41. The zero-order valence-electron chi connectivity index (χ0n) is 10.7. The molecule has 0 spiro atoms. The maximum absolute atomic E-state index is 10.5. The Kier molecular flexibility index (Phi) is 3.49. The average molecular weight is 228 g/mol. The van der Waals surface area contributed by atoms with E-state index >= 15 is 0 Å². The summed E-state index contributed by atoms with van der Waals surface area (Å²) in [7, 11) is 0. The van der Waals surface area contributed by atoms with E-state index in [-0.39, 0.29) is 12.0 Å². The first kappa shape index (κ1) is 12.1. The van der Waals surface area contributed by atoms with E-state index in [9.17, 15) is 5.11 Å². The molecule has 0 amide bonds. The van der Waals surface area contributed by atoms with Crippen LogP contribution in [0, 0.1) is 11.8 Å². The highest BCUT2D eigenvalue weighted by Gasteiger charge is 2.20. The Hall–Kier alpha value is -1.34. The summed E-state index contributed by atoms with van der Waals surface area (Å²) in [5, 5.41) is 12.8. The molecule has 17 heavy (non-hydrogen) atoms. The molecule has 1 nitrogen and oxygen atoms in total. The lowest BCUT2D eigenvalue weighted by molar-refractivity contribution is 0.0934. The van der Waals surface area contributed by atoms with Gasteiger partial charge in [0.2, 0.25) is 0 Å². The van der Waals surface area contributed by atoms with Crippen LogP contribution in [0.25, 0.3) is 10.8 Å². The molecule has 0 aliphatic carbocycles. The Morgan fingerprint density at radius 2 is 1.53 bits per heavy atom. The minimum Gasteiger partial charge on any atom is -0.388 e. The SMILES string of the molecule is CC(C)C(C)C(O)c1cccc2ccccc12. The van der Waals surface area contributed by atoms with Gasteiger partial charge in [0.05, 0.1) is 6.10 Å². The minimum atomic E-state index is -0.388. The molecule has 2 aromatic carbocycles. The van der Waals surface area contributed by atoms with Crippen molar-refractivity contribution in [3.63, 3.8) is 0 Å².